The van der Waals surface area contributed by atoms with Crippen LogP contribution in [-0.4, -0.2) is 37.0 Å². The fourth-order valence-corrected chi connectivity index (χ4v) is 2.97. The normalized spacial score (nSPS) is 16.2. The minimum Gasteiger partial charge on any atom is -0.462 e. The summed E-state index contributed by atoms with van der Waals surface area (Å²) < 4.78 is 5.43. The van der Waals surface area contributed by atoms with Gasteiger partial charge < -0.3 is 20.0 Å². The number of carbonyl (C=O) groups is 1. The van der Waals surface area contributed by atoms with Crippen LogP contribution in [-0.2, 0) is 4.79 Å². The standard InChI is InChI=1S/C20H25N3O2/c1-15-7-8-17(25-15)9-10-20(24)22-19-6-4-3-5-18(19)21-16-11-13-23(2)14-12-16/h3-10,16,21H,11-14H2,1-2H3,(H,22,24). The van der Waals surface area contributed by atoms with Gasteiger partial charge >= 0.3 is 0 Å². The summed E-state index contributed by atoms with van der Waals surface area (Å²) in [5.74, 6) is 1.32. The molecule has 0 radical (unpaired) electrons. The highest BCUT2D eigenvalue weighted by Gasteiger charge is 2.17. The minimum absolute atomic E-state index is 0.174. The highest BCUT2D eigenvalue weighted by molar-refractivity contribution is 6.03. The molecule has 25 heavy (non-hydrogen) atoms. The summed E-state index contributed by atoms with van der Waals surface area (Å²) in [4.78, 5) is 14.5. The molecule has 1 fully saturated rings. The van der Waals surface area contributed by atoms with E-state index in [1.54, 1.807) is 6.08 Å². The number of aryl methyl sites for hydroxylation is 1. The van der Waals surface area contributed by atoms with Gasteiger partial charge in [0.25, 0.3) is 0 Å². The van der Waals surface area contributed by atoms with Gasteiger partial charge in [-0.25, -0.2) is 0 Å². The average molecular weight is 339 g/mol. The summed E-state index contributed by atoms with van der Waals surface area (Å²) in [6, 6.07) is 12.0. The topological polar surface area (TPSA) is 57.5 Å². The van der Waals surface area contributed by atoms with Crippen LogP contribution in [0.4, 0.5) is 11.4 Å². The van der Waals surface area contributed by atoms with E-state index in [1.807, 2.05) is 43.3 Å². The number of nitrogens with zero attached hydrogens (tertiary/aromatic N) is 1. The Kier molecular flexibility index (Phi) is 5.56. The Morgan fingerprint density at radius 1 is 1.16 bits per heavy atom. The van der Waals surface area contributed by atoms with Gasteiger partial charge in [0.05, 0.1) is 11.4 Å². The van der Waals surface area contributed by atoms with Crippen molar-refractivity contribution < 1.29 is 9.21 Å². The second kappa shape index (κ2) is 8.03. The first-order chi connectivity index (χ1) is 12.1. The second-order valence-electron chi connectivity index (χ2n) is 6.54. The zero-order chi connectivity index (χ0) is 17.6. The molecule has 5 nitrogen and oxygen atoms in total. The van der Waals surface area contributed by atoms with E-state index in [2.05, 4.69) is 22.6 Å². The first kappa shape index (κ1) is 17.3. The van der Waals surface area contributed by atoms with Gasteiger partial charge in [0.2, 0.25) is 5.91 Å². The van der Waals surface area contributed by atoms with E-state index in [1.165, 1.54) is 6.08 Å². The number of piperidine rings is 1. The molecule has 0 atom stereocenters. The maximum absolute atomic E-state index is 12.2. The van der Waals surface area contributed by atoms with Gasteiger partial charge in [-0.3, -0.25) is 4.79 Å². The van der Waals surface area contributed by atoms with Crippen molar-refractivity contribution >= 4 is 23.4 Å². The third-order valence-electron chi connectivity index (χ3n) is 4.42. The molecule has 2 N–H and O–H groups in total. The lowest BCUT2D eigenvalue weighted by Crippen LogP contribution is -2.36. The fourth-order valence-electron chi connectivity index (χ4n) is 2.97. The third kappa shape index (κ3) is 4.97. The molecule has 1 aliphatic rings. The van der Waals surface area contributed by atoms with Crippen LogP contribution >= 0.6 is 0 Å². The van der Waals surface area contributed by atoms with Gasteiger partial charge in [0, 0.05) is 12.1 Å². The molecule has 1 amide bonds. The second-order valence-corrected chi connectivity index (χ2v) is 6.54. The van der Waals surface area contributed by atoms with Crippen molar-refractivity contribution in [3.63, 3.8) is 0 Å². The van der Waals surface area contributed by atoms with E-state index in [0.29, 0.717) is 11.8 Å². The molecule has 1 saturated heterocycles. The number of rotatable bonds is 5. The number of carbonyl (C=O) groups excluding carboxylic acids is 1. The molecule has 2 aromatic rings. The van der Waals surface area contributed by atoms with Crippen LogP contribution in [0.3, 0.4) is 0 Å². The van der Waals surface area contributed by atoms with Crippen molar-refractivity contribution in [3.05, 3.63) is 54.0 Å². The molecule has 0 saturated carbocycles. The number of amides is 1. The molecule has 132 valence electrons. The van der Waals surface area contributed by atoms with E-state index in [4.69, 9.17) is 4.42 Å². The zero-order valence-corrected chi connectivity index (χ0v) is 14.8. The summed E-state index contributed by atoms with van der Waals surface area (Å²) in [6.45, 7) is 4.07. The van der Waals surface area contributed by atoms with Crippen LogP contribution in [0.15, 0.2) is 46.9 Å². The maximum Gasteiger partial charge on any atom is 0.248 e. The Morgan fingerprint density at radius 2 is 1.88 bits per heavy atom. The molecule has 1 aliphatic heterocycles. The fraction of sp³-hybridized carbons (Fsp3) is 0.350. The van der Waals surface area contributed by atoms with Crippen molar-refractivity contribution in [2.45, 2.75) is 25.8 Å². The number of nitrogens with one attached hydrogen (secondary N) is 2. The summed E-state index contributed by atoms with van der Waals surface area (Å²) >= 11 is 0. The van der Waals surface area contributed by atoms with E-state index < -0.39 is 0 Å². The lowest BCUT2D eigenvalue weighted by molar-refractivity contribution is -0.111. The molecular weight excluding hydrogens is 314 g/mol. The Bertz CT molecular complexity index is 743. The van der Waals surface area contributed by atoms with E-state index in [9.17, 15) is 4.79 Å². The lowest BCUT2D eigenvalue weighted by Gasteiger charge is -2.30. The molecule has 0 unspecified atom stereocenters. The van der Waals surface area contributed by atoms with Gasteiger partial charge in [-0.15, -0.1) is 0 Å². The number of likely N-dealkylation sites (tertiary alicyclic amines) is 1. The van der Waals surface area contributed by atoms with Crippen LogP contribution in [0.2, 0.25) is 0 Å². The van der Waals surface area contributed by atoms with Gasteiger partial charge in [-0.05, 0) is 70.2 Å². The van der Waals surface area contributed by atoms with Gasteiger partial charge in [0.15, 0.2) is 0 Å². The molecule has 1 aromatic heterocycles. The minimum atomic E-state index is -0.174. The third-order valence-corrected chi connectivity index (χ3v) is 4.42. The first-order valence-corrected chi connectivity index (χ1v) is 8.70. The Labute approximate surface area is 148 Å². The summed E-state index contributed by atoms with van der Waals surface area (Å²) in [7, 11) is 2.15. The molecule has 2 heterocycles. The van der Waals surface area contributed by atoms with Crippen molar-refractivity contribution in [2.75, 3.05) is 30.8 Å². The quantitative estimate of drug-likeness (QED) is 0.815. The molecule has 0 bridgehead atoms. The number of benzene rings is 1. The van der Waals surface area contributed by atoms with Crippen LogP contribution in [0.25, 0.3) is 6.08 Å². The maximum atomic E-state index is 12.2. The van der Waals surface area contributed by atoms with Crippen LogP contribution in [0, 0.1) is 6.92 Å². The zero-order valence-electron chi connectivity index (χ0n) is 14.8. The molecule has 5 heteroatoms. The number of para-hydroxylation sites is 2. The smallest absolute Gasteiger partial charge is 0.248 e. The van der Waals surface area contributed by atoms with Crippen LogP contribution < -0.4 is 10.6 Å². The monoisotopic (exact) mass is 339 g/mol. The number of furan rings is 1. The Morgan fingerprint density at radius 3 is 2.56 bits per heavy atom. The Hall–Kier alpha value is -2.53. The lowest BCUT2D eigenvalue weighted by atomic mass is 10.0. The van der Waals surface area contributed by atoms with Crippen molar-refractivity contribution in [3.8, 4) is 0 Å². The number of hydrogen-bond acceptors (Lipinski definition) is 4. The largest absolute Gasteiger partial charge is 0.462 e. The van der Waals surface area contributed by atoms with E-state index >= 15 is 0 Å². The predicted molar refractivity (Wildman–Crippen MR) is 102 cm³/mol. The van der Waals surface area contributed by atoms with Gasteiger partial charge in [-0.2, -0.15) is 0 Å². The van der Waals surface area contributed by atoms with Crippen molar-refractivity contribution in [1.82, 2.24) is 4.90 Å². The summed E-state index contributed by atoms with van der Waals surface area (Å²) in [6.07, 6.45) is 5.38. The van der Waals surface area contributed by atoms with E-state index in [0.717, 1.165) is 43.1 Å². The summed E-state index contributed by atoms with van der Waals surface area (Å²) in [5.41, 5.74) is 1.76. The van der Waals surface area contributed by atoms with Gasteiger partial charge in [-0.1, -0.05) is 12.1 Å². The average Bonchev–Trinajstić information content (AvgIpc) is 3.02. The first-order valence-electron chi connectivity index (χ1n) is 8.70. The van der Waals surface area contributed by atoms with Gasteiger partial charge in [0.1, 0.15) is 11.5 Å². The molecular formula is C20H25N3O2. The Balaban J connectivity index is 1.62. The van der Waals surface area contributed by atoms with Crippen molar-refractivity contribution in [1.29, 1.82) is 0 Å². The molecule has 1 aromatic carbocycles. The van der Waals surface area contributed by atoms with Crippen LogP contribution in [0.5, 0.6) is 0 Å². The molecule has 3 rings (SSSR count). The number of hydrogen-bond donors (Lipinski definition) is 2. The molecule has 0 aliphatic carbocycles. The molecule has 0 spiro atoms. The van der Waals surface area contributed by atoms with Crippen LogP contribution in [0.1, 0.15) is 24.4 Å². The summed E-state index contributed by atoms with van der Waals surface area (Å²) in [5, 5.41) is 6.51. The highest BCUT2D eigenvalue weighted by Crippen LogP contribution is 2.24. The highest BCUT2D eigenvalue weighted by atomic mass is 16.3. The number of anilines is 2. The van der Waals surface area contributed by atoms with Crippen molar-refractivity contribution in [2.24, 2.45) is 0 Å². The van der Waals surface area contributed by atoms with E-state index in [-0.39, 0.29) is 5.91 Å². The predicted octanol–water partition coefficient (Wildman–Crippen LogP) is 3.75. The SMILES string of the molecule is Cc1ccc(C=CC(=O)Nc2ccccc2NC2CCN(C)CC2)o1.